The predicted octanol–water partition coefficient (Wildman–Crippen LogP) is 3.93. The highest BCUT2D eigenvalue weighted by Crippen LogP contribution is 2.25. The molecule has 0 heterocycles. The van der Waals surface area contributed by atoms with Crippen molar-refractivity contribution < 1.29 is 13.9 Å². The van der Waals surface area contributed by atoms with E-state index in [-0.39, 0.29) is 5.82 Å². The SMILES string of the molecule is CC/C=C/Cc1cc(C)cc(C(OC)OC)c1F. The van der Waals surface area contributed by atoms with Crippen LogP contribution in [0.3, 0.4) is 0 Å². The van der Waals surface area contributed by atoms with Gasteiger partial charge >= 0.3 is 0 Å². The van der Waals surface area contributed by atoms with Gasteiger partial charge in [0, 0.05) is 19.8 Å². The first-order valence-electron chi connectivity index (χ1n) is 6.13. The number of hydrogen-bond acceptors (Lipinski definition) is 2. The molecule has 1 aromatic carbocycles. The molecule has 0 unspecified atom stereocenters. The highest BCUT2D eigenvalue weighted by molar-refractivity contribution is 5.33. The molecule has 1 rings (SSSR count). The van der Waals surface area contributed by atoms with Crippen molar-refractivity contribution in [2.75, 3.05) is 14.2 Å². The monoisotopic (exact) mass is 252 g/mol. The Labute approximate surface area is 108 Å². The standard InChI is InChI=1S/C15H21FO2/c1-5-6-7-8-12-9-11(2)10-13(14(12)16)15(17-3)18-4/h6-7,9-10,15H,5,8H2,1-4H3/b7-6+. The van der Waals surface area contributed by atoms with Gasteiger partial charge in [0.05, 0.1) is 0 Å². The van der Waals surface area contributed by atoms with Crippen molar-refractivity contribution in [3.05, 3.63) is 46.8 Å². The Kier molecular flexibility index (Phi) is 6.02. The fourth-order valence-electron chi connectivity index (χ4n) is 1.92. The molecule has 0 saturated carbocycles. The fraction of sp³-hybridized carbons (Fsp3) is 0.467. The van der Waals surface area contributed by atoms with E-state index >= 15 is 0 Å². The lowest BCUT2D eigenvalue weighted by atomic mass is 10.0. The molecule has 0 fully saturated rings. The second-order valence-electron chi connectivity index (χ2n) is 4.21. The summed E-state index contributed by atoms with van der Waals surface area (Å²) in [5.74, 6) is -0.241. The number of methoxy groups -OCH3 is 2. The number of rotatable bonds is 6. The van der Waals surface area contributed by atoms with E-state index in [1.54, 1.807) is 6.07 Å². The molecule has 0 amide bonds. The molecule has 18 heavy (non-hydrogen) atoms. The summed E-state index contributed by atoms with van der Waals surface area (Å²) in [6.45, 7) is 4.00. The smallest absolute Gasteiger partial charge is 0.185 e. The van der Waals surface area contributed by atoms with Gasteiger partial charge in [0.25, 0.3) is 0 Å². The van der Waals surface area contributed by atoms with Crippen LogP contribution < -0.4 is 0 Å². The van der Waals surface area contributed by atoms with Crippen LogP contribution in [0.2, 0.25) is 0 Å². The van der Waals surface area contributed by atoms with Gasteiger partial charge in [-0.3, -0.25) is 0 Å². The zero-order valence-corrected chi connectivity index (χ0v) is 11.5. The van der Waals surface area contributed by atoms with Gasteiger partial charge < -0.3 is 9.47 Å². The summed E-state index contributed by atoms with van der Waals surface area (Å²) < 4.78 is 24.6. The number of allylic oxidation sites excluding steroid dienone is 2. The maximum absolute atomic E-state index is 14.3. The van der Waals surface area contributed by atoms with Crippen LogP contribution in [0.4, 0.5) is 4.39 Å². The van der Waals surface area contributed by atoms with Crippen molar-refractivity contribution in [2.45, 2.75) is 33.0 Å². The molecule has 0 aromatic heterocycles. The van der Waals surface area contributed by atoms with Crippen LogP contribution in [0.1, 0.15) is 36.3 Å². The maximum Gasteiger partial charge on any atom is 0.185 e. The van der Waals surface area contributed by atoms with Gasteiger partial charge in [0.15, 0.2) is 6.29 Å². The third-order valence-corrected chi connectivity index (χ3v) is 2.74. The van der Waals surface area contributed by atoms with Gasteiger partial charge in [-0.25, -0.2) is 4.39 Å². The zero-order valence-electron chi connectivity index (χ0n) is 11.5. The van der Waals surface area contributed by atoms with Gasteiger partial charge in [0.1, 0.15) is 5.82 Å². The zero-order chi connectivity index (χ0) is 13.5. The number of aryl methyl sites for hydroxylation is 1. The normalized spacial score (nSPS) is 11.7. The molecule has 0 bridgehead atoms. The van der Waals surface area contributed by atoms with Crippen LogP contribution in [-0.2, 0) is 15.9 Å². The molecular formula is C15H21FO2. The van der Waals surface area contributed by atoms with E-state index in [2.05, 4.69) is 6.92 Å². The van der Waals surface area contributed by atoms with Crippen LogP contribution in [0.15, 0.2) is 24.3 Å². The Morgan fingerprint density at radius 3 is 2.44 bits per heavy atom. The van der Waals surface area contributed by atoms with Gasteiger partial charge in [-0.2, -0.15) is 0 Å². The number of hydrogen-bond donors (Lipinski definition) is 0. The topological polar surface area (TPSA) is 18.5 Å². The summed E-state index contributed by atoms with van der Waals surface area (Å²) in [4.78, 5) is 0. The van der Waals surface area contributed by atoms with Crippen molar-refractivity contribution in [1.82, 2.24) is 0 Å². The minimum absolute atomic E-state index is 0.241. The minimum Gasteiger partial charge on any atom is -0.352 e. The van der Waals surface area contributed by atoms with Gasteiger partial charge in [-0.05, 0) is 31.4 Å². The molecule has 0 spiro atoms. The molecular weight excluding hydrogens is 231 g/mol. The Morgan fingerprint density at radius 1 is 1.22 bits per heavy atom. The van der Waals surface area contributed by atoms with E-state index in [0.717, 1.165) is 12.0 Å². The Hall–Kier alpha value is -1.19. The number of benzene rings is 1. The lowest BCUT2D eigenvalue weighted by Gasteiger charge is -2.17. The van der Waals surface area contributed by atoms with Crippen molar-refractivity contribution >= 4 is 0 Å². The van der Waals surface area contributed by atoms with Crippen molar-refractivity contribution in [1.29, 1.82) is 0 Å². The average molecular weight is 252 g/mol. The fourth-order valence-corrected chi connectivity index (χ4v) is 1.92. The van der Waals surface area contributed by atoms with Crippen LogP contribution in [0.25, 0.3) is 0 Å². The van der Waals surface area contributed by atoms with Crippen LogP contribution in [0, 0.1) is 12.7 Å². The van der Waals surface area contributed by atoms with Crippen LogP contribution >= 0.6 is 0 Å². The quantitative estimate of drug-likeness (QED) is 0.564. The summed E-state index contributed by atoms with van der Waals surface area (Å²) >= 11 is 0. The molecule has 3 heteroatoms. The van der Waals surface area contributed by atoms with Gasteiger partial charge in [0.2, 0.25) is 0 Å². The van der Waals surface area contributed by atoms with Gasteiger partial charge in [-0.1, -0.05) is 30.7 Å². The average Bonchev–Trinajstić information content (AvgIpc) is 2.36. The van der Waals surface area contributed by atoms with Gasteiger partial charge in [-0.15, -0.1) is 0 Å². The van der Waals surface area contributed by atoms with E-state index in [0.29, 0.717) is 17.5 Å². The van der Waals surface area contributed by atoms with E-state index in [4.69, 9.17) is 9.47 Å². The second kappa shape index (κ2) is 7.29. The van der Waals surface area contributed by atoms with Crippen LogP contribution in [0.5, 0.6) is 0 Å². The Bertz CT molecular complexity index is 409. The Morgan fingerprint density at radius 2 is 1.89 bits per heavy atom. The summed E-state index contributed by atoms with van der Waals surface area (Å²) in [6.07, 6.45) is 4.91. The highest BCUT2D eigenvalue weighted by atomic mass is 19.1. The molecule has 0 saturated heterocycles. The molecule has 1 aromatic rings. The maximum atomic E-state index is 14.3. The number of ether oxygens (including phenoxy) is 2. The summed E-state index contributed by atoms with van der Waals surface area (Å²) in [6, 6.07) is 3.63. The predicted molar refractivity (Wildman–Crippen MR) is 71.0 cm³/mol. The molecule has 0 aliphatic heterocycles. The second-order valence-corrected chi connectivity index (χ2v) is 4.21. The minimum atomic E-state index is -0.654. The largest absolute Gasteiger partial charge is 0.352 e. The summed E-state index contributed by atoms with van der Waals surface area (Å²) in [5.41, 5.74) is 2.14. The molecule has 2 nitrogen and oxygen atoms in total. The summed E-state index contributed by atoms with van der Waals surface area (Å²) in [7, 11) is 3.01. The molecule has 0 aliphatic carbocycles. The van der Waals surface area contributed by atoms with E-state index in [9.17, 15) is 4.39 Å². The number of halogens is 1. The third-order valence-electron chi connectivity index (χ3n) is 2.74. The first-order chi connectivity index (χ1) is 8.63. The van der Waals surface area contributed by atoms with E-state index < -0.39 is 6.29 Å². The highest BCUT2D eigenvalue weighted by Gasteiger charge is 2.17. The van der Waals surface area contributed by atoms with E-state index in [1.165, 1.54) is 14.2 Å². The molecule has 0 atom stereocenters. The van der Waals surface area contributed by atoms with E-state index in [1.807, 2.05) is 25.1 Å². The van der Waals surface area contributed by atoms with Crippen molar-refractivity contribution in [3.63, 3.8) is 0 Å². The first kappa shape index (κ1) is 14.9. The lowest BCUT2D eigenvalue weighted by molar-refractivity contribution is -0.107. The van der Waals surface area contributed by atoms with Crippen molar-refractivity contribution in [3.8, 4) is 0 Å². The molecule has 0 N–H and O–H groups in total. The van der Waals surface area contributed by atoms with Crippen LogP contribution in [-0.4, -0.2) is 14.2 Å². The molecule has 0 radical (unpaired) electrons. The first-order valence-corrected chi connectivity index (χ1v) is 6.13. The third kappa shape index (κ3) is 3.65. The Balaban J connectivity index is 3.09. The lowest BCUT2D eigenvalue weighted by Crippen LogP contribution is -2.08. The summed E-state index contributed by atoms with van der Waals surface area (Å²) in [5, 5.41) is 0. The molecule has 100 valence electrons. The van der Waals surface area contributed by atoms with Crippen molar-refractivity contribution in [2.24, 2.45) is 0 Å². The molecule has 0 aliphatic rings.